The molecule has 1 aromatic heterocycles. The van der Waals surface area contributed by atoms with Gasteiger partial charge in [0.2, 0.25) is 0 Å². The average molecular weight is 1130 g/mol. The molecule has 0 fully saturated rings. The lowest BCUT2D eigenvalue weighted by Crippen LogP contribution is -2.16. The maximum Gasteiger partial charge on any atom is 0.129 e. The van der Waals surface area contributed by atoms with E-state index in [1.54, 1.807) is 11.3 Å². The summed E-state index contributed by atoms with van der Waals surface area (Å²) in [5.74, 6) is 33.0. The Hall–Kier alpha value is -7.12. The van der Waals surface area contributed by atoms with Gasteiger partial charge in [-0.05, 0) is 206 Å². The second kappa shape index (κ2) is 37.7. The molecule has 0 nitrogen and oxygen atoms in total. The number of halogens is 1. The highest BCUT2D eigenvalue weighted by Crippen LogP contribution is 2.15. The molecule has 0 aliphatic carbocycles. The summed E-state index contributed by atoms with van der Waals surface area (Å²) in [5, 5.41) is 2.78. The molecule has 6 aromatic carbocycles. The summed E-state index contributed by atoms with van der Waals surface area (Å²) in [4.78, 5) is 1.15. The molecule has 0 saturated heterocycles. The maximum atomic E-state index is 5.66. The molecule has 0 N–H and O–H groups in total. The van der Waals surface area contributed by atoms with E-state index in [9.17, 15) is 0 Å². The Morgan fingerprint density at radius 2 is 0.734 bits per heavy atom. The SMILES string of the molecule is CC#Cc1ccc(C)c(C)c1.CC#Cc1ccc(Cl)cc1.CC#Cc1ccccc1.CC#Cc1cccs1.Cc1cc(C#C[Si](C)(C)C)cc(C)c1C.Cc1ccc(C#C[Si](C)(C)C)cc1.Cc1cccc(C#C[Si](C)(C)C)c1. The van der Waals surface area contributed by atoms with E-state index in [2.05, 4.69) is 268 Å². The van der Waals surface area contributed by atoms with Crippen LogP contribution in [0, 0.1) is 130 Å². The number of aryl methyl sites for hydroxylation is 6. The summed E-state index contributed by atoms with van der Waals surface area (Å²) >= 11 is 7.34. The van der Waals surface area contributed by atoms with Crippen LogP contribution in [0.2, 0.25) is 63.9 Å². The molecule has 0 spiro atoms. The lowest BCUT2D eigenvalue weighted by atomic mass is 10.0. The number of rotatable bonds is 0. The van der Waals surface area contributed by atoms with Gasteiger partial charge in [-0.3, -0.25) is 0 Å². The van der Waals surface area contributed by atoms with E-state index < -0.39 is 24.2 Å². The number of thiophene rings is 1. The first-order valence-corrected chi connectivity index (χ1v) is 38.4. The molecule has 7 rings (SSSR count). The van der Waals surface area contributed by atoms with E-state index in [4.69, 9.17) is 11.6 Å². The fraction of sp³-hybridized carbons (Fsp3) is 0.270. The zero-order valence-electron chi connectivity index (χ0n) is 51.2. The molecule has 0 aliphatic heterocycles. The fourth-order valence-electron chi connectivity index (χ4n) is 6.03. The minimum Gasteiger partial charge on any atom is -0.135 e. The van der Waals surface area contributed by atoms with Crippen molar-refractivity contribution < 1.29 is 0 Å². The normalized spacial score (nSPS) is 9.38. The van der Waals surface area contributed by atoms with Crippen molar-refractivity contribution in [1.29, 1.82) is 0 Å². The molecule has 0 radical (unpaired) electrons. The van der Waals surface area contributed by atoms with Crippen LogP contribution >= 0.6 is 22.9 Å². The first kappa shape index (κ1) is 69.9. The Morgan fingerprint density at radius 1 is 0.329 bits per heavy atom. The zero-order chi connectivity index (χ0) is 59.4. The summed E-state index contributed by atoms with van der Waals surface area (Å²) in [5.41, 5.74) is 26.0. The lowest BCUT2D eigenvalue weighted by Gasteiger charge is -2.06. The highest BCUT2D eigenvalue weighted by molar-refractivity contribution is 7.10. The zero-order valence-corrected chi connectivity index (χ0v) is 55.8. The van der Waals surface area contributed by atoms with Crippen molar-refractivity contribution in [3.8, 4) is 81.8 Å². The molecular weight excluding hydrogens is 1040 g/mol. The number of hydrogen-bond donors (Lipinski definition) is 0. The van der Waals surface area contributed by atoms with Crippen LogP contribution in [-0.4, -0.2) is 24.2 Å². The van der Waals surface area contributed by atoms with Crippen LogP contribution in [0.1, 0.15) is 105 Å². The monoisotopic (exact) mass is 1120 g/mol. The van der Waals surface area contributed by atoms with Gasteiger partial charge in [0, 0.05) is 38.4 Å². The van der Waals surface area contributed by atoms with Gasteiger partial charge in [0.1, 0.15) is 24.2 Å². The smallest absolute Gasteiger partial charge is 0.129 e. The fourth-order valence-corrected chi connectivity index (χ4v) is 8.33. The molecule has 0 unspecified atom stereocenters. The second-order valence-electron chi connectivity index (χ2n) is 21.6. The third-order valence-electron chi connectivity index (χ3n) is 10.4. The first-order chi connectivity index (χ1) is 37.2. The van der Waals surface area contributed by atoms with E-state index in [1.165, 1.54) is 38.9 Å². The molecule has 0 atom stereocenters. The van der Waals surface area contributed by atoms with Gasteiger partial charge in [0.25, 0.3) is 0 Å². The Kier molecular flexibility index (Phi) is 33.3. The van der Waals surface area contributed by atoms with Crippen molar-refractivity contribution in [2.45, 2.75) is 135 Å². The van der Waals surface area contributed by atoms with E-state index >= 15 is 0 Å². The topological polar surface area (TPSA) is 0 Å². The predicted octanol–water partition coefficient (Wildman–Crippen LogP) is 19.9. The molecule has 79 heavy (non-hydrogen) atoms. The third-order valence-corrected chi connectivity index (χ3v) is 14.1. The Balaban J connectivity index is 0.000000465. The van der Waals surface area contributed by atoms with Crippen molar-refractivity contribution in [1.82, 2.24) is 0 Å². The van der Waals surface area contributed by atoms with Crippen LogP contribution in [0.5, 0.6) is 0 Å². The highest BCUT2D eigenvalue weighted by atomic mass is 35.5. The van der Waals surface area contributed by atoms with Crippen LogP contribution in [0.25, 0.3) is 0 Å². The summed E-state index contributed by atoms with van der Waals surface area (Å²) in [6, 6.07) is 48.8. The summed E-state index contributed by atoms with van der Waals surface area (Å²) in [6.45, 7) is 42.6. The van der Waals surface area contributed by atoms with Gasteiger partial charge >= 0.3 is 0 Å². The first-order valence-electron chi connectivity index (χ1n) is 26.6. The molecule has 7 aromatic rings. The molecule has 406 valence electrons. The van der Waals surface area contributed by atoms with Crippen molar-refractivity contribution in [3.05, 3.63) is 233 Å². The van der Waals surface area contributed by atoms with E-state index in [0.29, 0.717) is 0 Å². The van der Waals surface area contributed by atoms with E-state index in [-0.39, 0.29) is 0 Å². The molecule has 5 heteroatoms. The summed E-state index contributed by atoms with van der Waals surface area (Å²) in [7, 11) is -3.68. The molecule has 0 aliphatic rings. The van der Waals surface area contributed by atoms with Crippen molar-refractivity contribution in [2.75, 3.05) is 0 Å². The van der Waals surface area contributed by atoms with Gasteiger partial charge < -0.3 is 0 Å². The van der Waals surface area contributed by atoms with Gasteiger partial charge in [-0.2, -0.15) is 0 Å². The number of benzene rings is 6. The maximum absolute atomic E-state index is 5.66. The van der Waals surface area contributed by atoms with Crippen molar-refractivity contribution >= 4 is 47.2 Å². The minimum atomic E-state index is -1.25. The van der Waals surface area contributed by atoms with Gasteiger partial charge in [-0.15, -0.1) is 51.6 Å². The molecule has 1 heterocycles. The van der Waals surface area contributed by atoms with Crippen molar-refractivity contribution in [2.24, 2.45) is 0 Å². The van der Waals surface area contributed by atoms with E-state index in [0.717, 1.165) is 43.3 Å². The van der Waals surface area contributed by atoms with Crippen LogP contribution in [0.3, 0.4) is 0 Å². The largest absolute Gasteiger partial charge is 0.135 e. The quantitative estimate of drug-likeness (QED) is 0.105. The van der Waals surface area contributed by atoms with Gasteiger partial charge in [0.05, 0.1) is 4.88 Å². The van der Waals surface area contributed by atoms with E-state index in [1.807, 2.05) is 99.8 Å². The summed E-state index contributed by atoms with van der Waals surface area (Å²) in [6.07, 6.45) is 0. The Morgan fingerprint density at radius 3 is 1.19 bits per heavy atom. The Bertz CT molecular complexity index is 3380. The van der Waals surface area contributed by atoms with Crippen LogP contribution in [0.15, 0.2) is 151 Å². The van der Waals surface area contributed by atoms with Crippen LogP contribution < -0.4 is 0 Å². The third kappa shape index (κ3) is 35.8. The predicted molar refractivity (Wildman–Crippen MR) is 362 cm³/mol. The molecule has 0 bridgehead atoms. The van der Waals surface area contributed by atoms with Gasteiger partial charge in [-0.25, -0.2) is 0 Å². The lowest BCUT2D eigenvalue weighted by molar-refractivity contribution is 1.26. The van der Waals surface area contributed by atoms with Gasteiger partial charge in [0.15, 0.2) is 0 Å². The second-order valence-corrected chi connectivity index (χ2v) is 37.3. The minimum absolute atomic E-state index is 0.752. The number of hydrogen-bond acceptors (Lipinski definition) is 1. The van der Waals surface area contributed by atoms with Crippen LogP contribution in [-0.2, 0) is 0 Å². The standard InChI is InChI=1S/C14H20Si.2C12H16Si.C11H12.C9H7Cl.C9H8.C7H6S/c1-11-9-14(7-8-15(4,5)6)10-12(2)13(11)3;1-11-5-7-12(8-6-11)9-10-13(2,3)4;1-11-6-5-7-12(10-11)8-9-13(2,3)4;1-4-5-11-7-6-9(2)10(3)8-11;1-2-3-8-4-6-9(10)7-5-8;1-2-6-9-7-4-3-5-8-9;1-2-4-7-5-3-6-8-7/h9-10H,1-6H3;5-8H,1-4H3;5-7,10H,1-4H3;6-8H,1-3H3;4-7H,1H3;3-5,7-8H,1H3;3,5-6H,1H3. The molecule has 0 saturated carbocycles. The van der Waals surface area contributed by atoms with Crippen molar-refractivity contribution in [3.63, 3.8) is 0 Å². The Labute approximate surface area is 493 Å². The summed E-state index contributed by atoms with van der Waals surface area (Å²) < 4.78 is 0. The highest BCUT2D eigenvalue weighted by Gasteiger charge is 2.09. The van der Waals surface area contributed by atoms with Crippen LogP contribution in [0.4, 0.5) is 0 Å². The molecular formula is C74H85ClSSi3. The molecule has 0 amide bonds. The van der Waals surface area contributed by atoms with Gasteiger partial charge in [-0.1, -0.05) is 172 Å². The average Bonchev–Trinajstić information content (AvgIpc) is 3.91.